The molecule has 0 saturated heterocycles. The van der Waals surface area contributed by atoms with E-state index in [0.29, 0.717) is 12.1 Å². The quantitative estimate of drug-likeness (QED) is 0.719. The Morgan fingerprint density at radius 2 is 1.62 bits per heavy atom. The SMILES string of the molecule is CCc1ccccc1N(CC(=O)O)S(=O)(=O)c1ccc2ccccc2c1. The number of para-hydroxylation sites is 1. The Hall–Kier alpha value is -2.86. The molecular weight excluding hydrogens is 350 g/mol. The molecule has 0 unspecified atom stereocenters. The molecule has 134 valence electrons. The van der Waals surface area contributed by atoms with Crippen LogP contribution in [0.2, 0.25) is 0 Å². The average Bonchev–Trinajstić information content (AvgIpc) is 2.65. The number of hydrogen-bond acceptors (Lipinski definition) is 3. The van der Waals surface area contributed by atoms with E-state index in [-0.39, 0.29) is 4.90 Å². The van der Waals surface area contributed by atoms with Gasteiger partial charge in [0, 0.05) is 0 Å². The van der Waals surface area contributed by atoms with Gasteiger partial charge in [-0.25, -0.2) is 8.42 Å². The Balaban J connectivity index is 2.16. The predicted octanol–water partition coefficient (Wildman–Crippen LogP) is 3.68. The van der Waals surface area contributed by atoms with Crippen molar-refractivity contribution in [3.63, 3.8) is 0 Å². The zero-order valence-electron chi connectivity index (χ0n) is 14.3. The number of aliphatic carboxylic acids is 1. The van der Waals surface area contributed by atoms with Crippen LogP contribution < -0.4 is 4.31 Å². The third kappa shape index (κ3) is 3.41. The number of aryl methyl sites for hydroxylation is 1. The molecule has 0 bridgehead atoms. The molecule has 5 nitrogen and oxygen atoms in total. The lowest BCUT2D eigenvalue weighted by atomic mass is 10.1. The van der Waals surface area contributed by atoms with Gasteiger partial charge in [0.1, 0.15) is 6.54 Å². The van der Waals surface area contributed by atoms with Crippen LogP contribution in [0.15, 0.2) is 71.6 Å². The van der Waals surface area contributed by atoms with Gasteiger partial charge in [0.05, 0.1) is 10.6 Å². The van der Waals surface area contributed by atoms with E-state index in [1.807, 2.05) is 37.3 Å². The largest absolute Gasteiger partial charge is 0.480 e. The second-order valence-electron chi connectivity index (χ2n) is 5.90. The predicted molar refractivity (Wildman–Crippen MR) is 102 cm³/mol. The van der Waals surface area contributed by atoms with Gasteiger partial charge in [-0.1, -0.05) is 55.5 Å². The Morgan fingerprint density at radius 3 is 2.31 bits per heavy atom. The number of carboxylic acid groups (broad SMARTS) is 1. The molecule has 0 fully saturated rings. The summed E-state index contributed by atoms with van der Waals surface area (Å²) in [5, 5.41) is 11.0. The summed E-state index contributed by atoms with van der Waals surface area (Å²) < 4.78 is 27.5. The monoisotopic (exact) mass is 369 g/mol. The molecule has 0 aliphatic carbocycles. The molecule has 26 heavy (non-hydrogen) atoms. The minimum Gasteiger partial charge on any atom is -0.480 e. The van der Waals surface area contributed by atoms with Gasteiger partial charge in [0.2, 0.25) is 0 Å². The van der Waals surface area contributed by atoms with Gasteiger partial charge in [-0.3, -0.25) is 9.10 Å². The molecule has 0 aromatic heterocycles. The minimum atomic E-state index is -4.02. The zero-order valence-corrected chi connectivity index (χ0v) is 15.1. The molecular formula is C20H19NO4S. The fourth-order valence-electron chi connectivity index (χ4n) is 2.93. The van der Waals surface area contributed by atoms with Gasteiger partial charge in [-0.05, 0) is 41.0 Å². The van der Waals surface area contributed by atoms with Crippen molar-refractivity contribution in [3.05, 3.63) is 72.3 Å². The standard InChI is InChI=1S/C20H19NO4S/c1-2-15-7-5-6-10-19(15)21(14-20(22)23)26(24,25)18-12-11-16-8-3-4-9-17(16)13-18/h3-13H,2,14H2,1H3,(H,22,23). The third-order valence-electron chi connectivity index (χ3n) is 4.23. The zero-order chi connectivity index (χ0) is 18.7. The first-order chi connectivity index (χ1) is 12.4. The number of anilines is 1. The van der Waals surface area contributed by atoms with Crippen LogP contribution in [0.4, 0.5) is 5.69 Å². The average molecular weight is 369 g/mol. The van der Waals surface area contributed by atoms with Crippen LogP contribution in [0.5, 0.6) is 0 Å². The van der Waals surface area contributed by atoms with E-state index in [2.05, 4.69) is 0 Å². The highest BCUT2D eigenvalue weighted by molar-refractivity contribution is 7.92. The molecule has 0 radical (unpaired) electrons. The highest BCUT2D eigenvalue weighted by atomic mass is 32.2. The van der Waals surface area contributed by atoms with Crippen LogP contribution >= 0.6 is 0 Å². The van der Waals surface area contributed by atoms with E-state index in [1.54, 1.807) is 30.3 Å². The Morgan fingerprint density at radius 1 is 0.962 bits per heavy atom. The van der Waals surface area contributed by atoms with Crippen molar-refractivity contribution in [3.8, 4) is 0 Å². The summed E-state index contributed by atoms with van der Waals surface area (Å²) in [4.78, 5) is 11.4. The lowest BCUT2D eigenvalue weighted by molar-refractivity contribution is -0.135. The number of nitrogens with zero attached hydrogens (tertiary/aromatic N) is 1. The number of hydrogen-bond donors (Lipinski definition) is 1. The van der Waals surface area contributed by atoms with Gasteiger partial charge in [0.15, 0.2) is 0 Å². The maximum atomic E-state index is 13.2. The van der Waals surface area contributed by atoms with Crippen LogP contribution in [0.3, 0.4) is 0 Å². The van der Waals surface area contributed by atoms with Crippen LogP contribution in [0.25, 0.3) is 10.8 Å². The summed E-state index contributed by atoms with van der Waals surface area (Å²) in [6, 6.07) is 19.2. The van der Waals surface area contributed by atoms with Crippen LogP contribution in [0.1, 0.15) is 12.5 Å². The molecule has 0 atom stereocenters. The van der Waals surface area contributed by atoms with Crippen molar-refractivity contribution in [2.24, 2.45) is 0 Å². The summed E-state index contributed by atoms with van der Waals surface area (Å²) in [7, 11) is -4.02. The Labute approximate surface area is 152 Å². The first-order valence-corrected chi connectivity index (χ1v) is 9.68. The highest BCUT2D eigenvalue weighted by Crippen LogP contribution is 2.29. The Bertz CT molecular complexity index is 1060. The summed E-state index contributed by atoms with van der Waals surface area (Å²) >= 11 is 0. The minimum absolute atomic E-state index is 0.0726. The fraction of sp³-hybridized carbons (Fsp3) is 0.150. The molecule has 0 saturated carbocycles. The van der Waals surface area contributed by atoms with Gasteiger partial charge in [0.25, 0.3) is 10.0 Å². The fourth-order valence-corrected chi connectivity index (χ4v) is 4.42. The molecule has 0 heterocycles. The number of benzene rings is 3. The smallest absolute Gasteiger partial charge is 0.324 e. The maximum Gasteiger partial charge on any atom is 0.324 e. The third-order valence-corrected chi connectivity index (χ3v) is 5.98. The molecule has 3 rings (SSSR count). The molecule has 0 aliphatic heterocycles. The summed E-state index contributed by atoms with van der Waals surface area (Å²) in [5.41, 5.74) is 1.17. The molecule has 6 heteroatoms. The van der Waals surface area contributed by atoms with Crippen molar-refractivity contribution in [2.75, 3.05) is 10.8 Å². The Kier molecular flexibility index (Phi) is 4.95. The maximum absolute atomic E-state index is 13.2. The second-order valence-corrected chi connectivity index (χ2v) is 7.76. The first-order valence-electron chi connectivity index (χ1n) is 8.24. The summed E-state index contributed by atoms with van der Waals surface area (Å²) in [5.74, 6) is -1.21. The first kappa shape index (κ1) is 17.9. The topological polar surface area (TPSA) is 74.7 Å². The van der Waals surface area contributed by atoms with E-state index >= 15 is 0 Å². The van der Waals surface area contributed by atoms with Gasteiger partial charge in [-0.2, -0.15) is 0 Å². The number of fused-ring (bicyclic) bond motifs is 1. The normalized spacial score (nSPS) is 11.4. The van der Waals surface area contributed by atoms with Crippen molar-refractivity contribution in [2.45, 2.75) is 18.2 Å². The van der Waals surface area contributed by atoms with E-state index in [9.17, 15) is 18.3 Å². The van der Waals surface area contributed by atoms with E-state index < -0.39 is 22.5 Å². The summed E-state index contributed by atoms with van der Waals surface area (Å²) in [6.07, 6.45) is 0.597. The number of carbonyl (C=O) groups is 1. The lowest BCUT2D eigenvalue weighted by Crippen LogP contribution is -2.36. The number of sulfonamides is 1. The van der Waals surface area contributed by atoms with Crippen molar-refractivity contribution < 1.29 is 18.3 Å². The number of rotatable bonds is 6. The lowest BCUT2D eigenvalue weighted by Gasteiger charge is -2.25. The van der Waals surface area contributed by atoms with Crippen molar-refractivity contribution >= 4 is 32.5 Å². The molecule has 1 N–H and O–H groups in total. The van der Waals surface area contributed by atoms with Gasteiger partial charge >= 0.3 is 5.97 Å². The highest BCUT2D eigenvalue weighted by Gasteiger charge is 2.28. The van der Waals surface area contributed by atoms with Gasteiger partial charge < -0.3 is 5.11 Å². The molecule has 3 aromatic rings. The van der Waals surface area contributed by atoms with Crippen LogP contribution in [-0.4, -0.2) is 26.0 Å². The van der Waals surface area contributed by atoms with Crippen LogP contribution in [0, 0.1) is 0 Å². The van der Waals surface area contributed by atoms with Crippen LogP contribution in [-0.2, 0) is 21.2 Å². The molecule has 0 aliphatic rings. The molecule has 0 spiro atoms. The second kappa shape index (κ2) is 7.17. The van der Waals surface area contributed by atoms with Gasteiger partial charge in [-0.15, -0.1) is 0 Å². The van der Waals surface area contributed by atoms with E-state index in [0.717, 1.165) is 20.6 Å². The number of carboxylic acids is 1. The van der Waals surface area contributed by atoms with Crippen molar-refractivity contribution in [1.82, 2.24) is 0 Å². The van der Waals surface area contributed by atoms with Crippen molar-refractivity contribution in [1.29, 1.82) is 0 Å². The molecule has 0 amide bonds. The summed E-state index contributed by atoms with van der Waals surface area (Å²) in [6.45, 7) is 1.27. The van der Waals surface area contributed by atoms with E-state index in [4.69, 9.17) is 0 Å². The van der Waals surface area contributed by atoms with E-state index in [1.165, 1.54) is 6.07 Å². The molecule has 3 aromatic carbocycles.